The van der Waals surface area contributed by atoms with Crippen LogP contribution in [0.3, 0.4) is 0 Å². The van der Waals surface area contributed by atoms with Gasteiger partial charge < -0.3 is 19.5 Å². The number of fused-ring (bicyclic) bond motifs is 2. The van der Waals surface area contributed by atoms with Gasteiger partial charge in [-0.3, -0.25) is 14.2 Å². The van der Waals surface area contributed by atoms with Crippen LogP contribution >= 0.6 is 11.8 Å². The first-order valence-corrected chi connectivity index (χ1v) is 12.0. The molecule has 0 unspecified atom stereocenters. The number of amides is 1. The van der Waals surface area contributed by atoms with Gasteiger partial charge in [0.05, 0.1) is 23.8 Å². The molecule has 0 fully saturated rings. The molecule has 1 aliphatic heterocycles. The van der Waals surface area contributed by atoms with E-state index in [4.69, 9.17) is 19.2 Å². The molecule has 0 radical (unpaired) electrons. The highest BCUT2D eigenvalue weighted by Gasteiger charge is 2.19. The Morgan fingerprint density at radius 1 is 1.09 bits per heavy atom. The number of aryl methyl sites for hydroxylation is 1. The smallest absolute Gasteiger partial charge is 0.262 e. The summed E-state index contributed by atoms with van der Waals surface area (Å²) in [7, 11) is 1.59. The van der Waals surface area contributed by atoms with E-state index in [1.54, 1.807) is 48.1 Å². The van der Waals surface area contributed by atoms with Crippen LogP contribution in [-0.4, -0.2) is 35.1 Å². The molecule has 4 aromatic rings. The number of methoxy groups -OCH3 is 1. The van der Waals surface area contributed by atoms with Crippen LogP contribution in [0.5, 0.6) is 17.2 Å². The third kappa shape index (κ3) is 5.09. The SMILES string of the molecule is COc1ccc(NC(=O)CSc2nc3cc4c(cc3c(=O)n2CCc2ccccc2)OCO4)cc1. The highest BCUT2D eigenvalue weighted by Crippen LogP contribution is 2.35. The molecule has 2 heterocycles. The van der Waals surface area contributed by atoms with Gasteiger partial charge in [-0.05, 0) is 42.3 Å². The number of carbonyl (C=O) groups is 1. The minimum absolute atomic E-state index is 0.0971. The van der Waals surface area contributed by atoms with Gasteiger partial charge in [0, 0.05) is 18.3 Å². The van der Waals surface area contributed by atoms with Crippen LogP contribution in [0.1, 0.15) is 5.56 Å². The second kappa shape index (κ2) is 10.1. The number of carbonyl (C=O) groups excluding carboxylic acids is 1. The van der Waals surface area contributed by atoms with E-state index in [-0.39, 0.29) is 24.0 Å². The molecule has 0 bridgehead atoms. The van der Waals surface area contributed by atoms with Gasteiger partial charge in [0.15, 0.2) is 16.7 Å². The Hall–Kier alpha value is -3.98. The number of hydrogen-bond donors (Lipinski definition) is 1. The fraction of sp³-hybridized carbons (Fsp3) is 0.192. The Labute approximate surface area is 205 Å². The summed E-state index contributed by atoms with van der Waals surface area (Å²) in [5, 5.41) is 3.79. The van der Waals surface area contributed by atoms with E-state index in [1.165, 1.54) is 11.8 Å². The maximum atomic E-state index is 13.5. The largest absolute Gasteiger partial charge is 0.497 e. The number of anilines is 1. The molecular formula is C26H23N3O5S. The molecule has 35 heavy (non-hydrogen) atoms. The van der Waals surface area contributed by atoms with Crippen LogP contribution in [0, 0.1) is 0 Å². The normalized spacial score (nSPS) is 12.0. The summed E-state index contributed by atoms with van der Waals surface area (Å²) in [5.74, 6) is 1.70. The van der Waals surface area contributed by atoms with Crippen molar-refractivity contribution < 1.29 is 19.0 Å². The van der Waals surface area contributed by atoms with Crippen molar-refractivity contribution in [2.75, 3.05) is 25.0 Å². The van der Waals surface area contributed by atoms with Crippen molar-refractivity contribution in [1.82, 2.24) is 9.55 Å². The van der Waals surface area contributed by atoms with Crippen LogP contribution in [0.15, 0.2) is 76.7 Å². The molecule has 178 valence electrons. The highest BCUT2D eigenvalue weighted by atomic mass is 32.2. The molecule has 0 atom stereocenters. The quantitative estimate of drug-likeness (QED) is 0.294. The summed E-state index contributed by atoms with van der Waals surface area (Å²) in [6.45, 7) is 0.545. The lowest BCUT2D eigenvalue weighted by molar-refractivity contribution is -0.113. The van der Waals surface area contributed by atoms with Gasteiger partial charge in [0.2, 0.25) is 12.7 Å². The van der Waals surface area contributed by atoms with Crippen LogP contribution in [-0.2, 0) is 17.8 Å². The lowest BCUT2D eigenvalue weighted by Gasteiger charge is -2.14. The van der Waals surface area contributed by atoms with E-state index < -0.39 is 0 Å². The molecule has 1 N–H and O–H groups in total. The van der Waals surface area contributed by atoms with Crippen molar-refractivity contribution in [3.8, 4) is 17.2 Å². The molecule has 0 saturated carbocycles. The molecule has 8 nitrogen and oxygen atoms in total. The third-order valence-electron chi connectivity index (χ3n) is 5.59. The summed E-state index contributed by atoms with van der Waals surface area (Å²) in [5.41, 5.74) is 2.10. The second-order valence-corrected chi connectivity index (χ2v) is 8.82. The van der Waals surface area contributed by atoms with Gasteiger partial charge >= 0.3 is 0 Å². The van der Waals surface area contributed by atoms with Crippen molar-refractivity contribution in [1.29, 1.82) is 0 Å². The average Bonchev–Trinajstić information content (AvgIpc) is 3.34. The van der Waals surface area contributed by atoms with Gasteiger partial charge in [-0.15, -0.1) is 0 Å². The first-order chi connectivity index (χ1) is 17.1. The first-order valence-electron chi connectivity index (χ1n) is 11.1. The summed E-state index contributed by atoms with van der Waals surface area (Å²) in [6, 6.07) is 20.4. The summed E-state index contributed by atoms with van der Waals surface area (Å²) in [4.78, 5) is 30.8. The molecule has 1 aliphatic rings. The van der Waals surface area contributed by atoms with Crippen molar-refractivity contribution in [3.05, 3.63) is 82.6 Å². The standard InChI is InChI=1S/C26H23N3O5S/c1-32-19-9-7-18(8-10-19)27-24(30)15-35-26-28-21-14-23-22(33-16-34-23)13-20(21)25(31)29(26)12-11-17-5-3-2-4-6-17/h2-10,13-14H,11-12,15-16H2,1H3,(H,27,30). The van der Waals surface area contributed by atoms with E-state index >= 15 is 0 Å². The van der Waals surface area contributed by atoms with Crippen LogP contribution in [0.25, 0.3) is 10.9 Å². The Balaban J connectivity index is 1.40. The molecule has 0 aliphatic carbocycles. The van der Waals surface area contributed by atoms with E-state index in [9.17, 15) is 9.59 Å². The van der Waals surface area contributed by atoms with Gasteiger partial charge in [-0.1, -0.05) is 42.1 Å². The number of aromatic nitrogens is 2. The topological polar surface area (TPSA) is 91.7 Å². The molecule has 3 aromatic carbocycles. The zero-order valence-electron chi connectivity index (χ0n) is 19.0. The fourth-order valence-electron chi connectivity index (χ4n) is 3.79. The van der Waals surface area contributed by atoms with Crippen LogP contribution in [0.2, 0.25) is 0 Å². The molecule has 0 spiro atoms. The Kier molecular flexibility index (Phi) is 6.58. The van der Waals surface area contributed by atoms with Gasteiger partial charge in [-0.25, -0.2) is 4.98 Å². The molecule has 0 saturated heterocycles. The minimum atomic E-state index is -0.199. The van der Waals surface area contributed by atoms with Crippen LogP contribution in [0.4, 0.5) is 5.69 Å². The van der Waals surface area contributed by atoms with Gasteiger partial charge in [0.1, 0.15) is 5.75 Å². The Morgan fingerprint density at radius 2 is 1.83 bits per heavy atom. The highest BCUT2D eigenvalue weighted by molar-refractivity contribution is 7.99. The van der Waals surface area contributed by atoms with E-state index in [2.05, 4.69) is 5.32 Å². The molecular weight excluding hydrogens is 466 g/mol. The van der Waals surface area contributed by atoms with Gasteiger partial charge in [0.25, 0.3) is 5.56 Å². The first kappa shape index (κ1) is 22.8. The van der Waals surface area contributed by atoms with Crippen molar-refractivity contribution in [2.24, 2.45) is 0 Å². The zero-order valence-corrected chi connectivity index (χ0v) is 19.8. The van der Waals surface area contributed by atoms with E-state index in [1.807, 2.05) is 30.3 Å². The number of ether oxygens (including phenoxy) is 3. The maximum Gasteiger partial charge on any atom is 0.262 e. The predicted molar refractivity (Wildman–Crippen MR) is 135 cm³/mol. The van der Waals surface area contributed by atoms with E-state index in [0.29, 0.717) is 52.0 Å². The zero-order chi connectivity index (χ0) is 24.2. The number of hydrogen-bond acceptors (Lipinski definition) is 7. The summed E-state index contributed by atoms with van der Waals surface area (Å²) >= 11 is 1.22. The number of rotatable bonds is 8. The van der Waals surface area contributed by atoms with Crippen molar-refractivity contribution >= 4 is 34.3 Å². The Bertz CT molecular complexity index is 1420. The summed E-state index contributed by atoms with van der Waals surface area (Å²) < 4.78 is 17.7. The Morgan fingerprint density at radius 3 is 2.57 bits per heavy atom. The maximum absolute atomic E-state index is 13.5. The number of thioether (sulfide) groups is 1. The lowest BCUT2D eigenvalue weighted by atomic mass is 10.1. The predicted octanol–water partition coefficient (Wildman–Crippen LogP) is 4.11. The molecule has 9 heteroatoms. The average molecular weight is 490 g/mol. The third-order valence-corrected chi connectivity index (χ3v) is 6.56. The minimum Gasteiger partial charge on any atom is -0.497 e. The van der Waals surface area contributed by atoms with E-state index in [0.717, 1.165) is 5.56 Å². The van der Waals surface area contributed by atoms with Crippen LogP contribution < -0.4 is 25.1 Å². The fourth-order valence-corrected chi connectivity index (χ4v) is 4.61. The molecule has 5 rings (SSSR count). The second-order valence-electron chi connectivity index (χ2n) is 7.87. The lowest BCUT2D eigenvalue weighted by Crippen LogP contribution is -2.25. The monoisotopic (exact) mass is 489 g/mol. The molecule has 1 amide bonds. The number of nitrogens with zero attached hydrogens (tertiary/aromatic N) is 2. The van der Waals surface area contributed by atoms with Gasteiger partial charge in [-0.2, -0.15) is 0 Å². The number of benzene rings is 3. The summed E-state index contributed by atoms with van der Waals surface area (Å²) in [6.07, 6.45) is 0.657. The van der Waals surface area contributed by atoms with Crippen molar-refractivity contribution in [3.63, 3.8) is 0 Å². The van der Waals surface area contributed by atoms with Crippen molar-refractivity contribution in [2.45, 2.75) is 18.1 Å². The number of nitrogens with one attached hydrogen (secondary N) is 1. The molecule has 1 aromatic heterocycles.